The summed E-state index contributed by atoms with van der Waals surface area (Å²) >= 11 is 0. The second kappa shape index (κ2) is 6.85. The molecular formula is C19H26N2O2. The minimum atomic E-state index is -0.196. The highest BCUT2D eigenvalue weighted by Crippen LogP contribution is 2.27. The van der Waals surface area contributed by atoms with Crippen LogP contribution < -0.4 is 0 Å². The molecule has 4 heteroatoms. The van der Waals surface area contributed by atoms with Crippen LogP contribution in [0.3, 0.4) is 0 Å². The van der Waals surface area contributed by atoms with Gasteiger partial charge in [0.2, 0.25) is 5.89 Å². The number of piperidine rings is 1. The molecule has 3 rings (SSSR count). The number of aliphatic hydroxyl groups is 1. The fraction of sp³-hybridized carbons (Fsp3) is 0.526. The number of hydrogen-bond donors (Lipinski definition) is 1. The van der Waals surface area contributed by atoms with Crippen molar-refractivity contribution in [2.24, 2.45) is 5.92 Å². The number of hydrogen-bond acceptors (Lipinski definition) is 4. The monoisotopic (exact) mass is 314 g/mol. The van der Waals surface area contributed by atoms with E-state index in [1.807, 2.05) is 26.0 Å². The number of aromatic nitrogens is 1. The maximum atomic E-state index is 9.71. The fourth-order valence-electron chi connectivity index (χ4n) is 3.31. The molecule has 0 saturated carbocycles. The number of benzene rings is 1. The van der Waals surface area contributed by atoms with Crippen LogP contribution in [0.25, 0.3) is 11.5 Å². The summed E-state index contributed by atoms with van der Waals surface area (Å²) < 4.78 is 5.90. The number of aliphatic hydroxyl groups excluding tert-OH is 1. The van der Waals surface area contributed by atoms with E-state index in [1.54, 1.807) is 0 Å². The van der Waals surface area contributed by atoms with Gasteiger partial charge in [0, 0.05) is 12.1 Å². The van der Waals surface area contributed by atoms with Crippen molar-refractivity contribution in [2.45, 2.75) is 46.3 Å². The zero-order valence-electron chi connectivity index (χ0n) is 14.2. The van der Waals surface area contributed by atoms with E-state index in [-0.39, 0.29) is 6.10 Å². The largest absolute Gasteiger partial charge is 0.441 e. The fourth-order valence-corrected chi connectivity index (χ4v) is 3.31. The lowest BCUT2D eigenvalue weighted by molar-refractivity contribution is 0.0690. The third-order valence-corrected chi connectivity index (χ3v) is 4.96. The maximum Gasteiger partial charge on any atom is 0.226 e. The summed E-state index contributed by atoms with van der Waals surface area (Å²) in [6.07, 6.45) is 1.91. The minimum Gasteiger partial charge on any atom is -0.441 e. The van der Waals surface area contributed by atoms with Gasteiger partial charge in [-0.2, -0.15) is 0 Å². The Kier molecular flexibility index (Phi) is 4.83. The molecule has 0 radical (unpaired) electrons. The number of rotatable bonds is 4. The molecule has 4 nitrogen and oxygen atoms in total. The third-order valence-electron chi connectivity index (χ3n) is 4.96. The lowest BCUT2D eigenvalue weighted by Crippen LogP contribution is -2.36. The van der Waals surface area contributed by atoms with E-state index in [0.717, 1.165) is 55.4 Å². The Morgan fingerprint density at radius 1 is 1.26 bits per heavy atom. The smallest absolute Gasteiger partial charge is 0.226 e. The molecular weight excluding hydrogens is 288 g/mol. The lowest BCUT2D eigenvalue weighted by Gasteiger charge is -2.32. The van der Waals surface area contributed by atoms with E-state index < -0.39 is 0 Å². The first-order valence-corrected chi connectivity index (χ1v) is 8.47. The molecule has 1 aromatic heterocycles. The molecule has 1 fully saturated rings. The zero-order chi connectivity index (χ0) is 16.4. The van der Waals surface area contributed by atoms with Crippen LogP contribution in [-0.2, 0) is 6.54 Å². The molecule has 0 amide bonds. The summed E-state index contributed by atoms with van der Waals surface area (Å²) in [5, 5.41) is 9.71. The van der Waals surface area contributed by atoms with E-state index in [4.69, 9.17) is 9.40 Å². The molecule has 2 heterocycles. The molecule has 0 bridgehead atoms. The van der Waals surface area contributed by atoms with Gasteiger partial charge in [0.15, 0.2) is 0 Å². The molecule has 1 atom stereocenters. The first-order chi connectivity index (χ1) is 11.0. The SMILES string of the molecule is Cc1ccccc1-c1nc(CN2CCC(C(C)O)CC2)c(C)o1. The van der Waals surface area contributed by atoms with Crippen LogP contribution in [0, 0.1) is 19.8 Å². The number of aryl methyl sites for hydroxylation is 2. The molecule has 1 aliphatic rings. The van der Waals surface area contributed by atoms with Crippen LogP contribution in [0.1, 0.15) is 36.8 Å². The van der Waals surface area contributed by atoms with Crippen molar-refractivity contribution in [3.8, 4) is 11.5 Å². The summed E-state index contributed by atoms with van der Waals surface area (Å²) in [5.74, 6) is 2.06. The van der Waals surface area contributed by atoms with Crippen LogP contribution in [0.4, 0.5) is 0 Å². The molecule has 1 saturated heterocycles. The molecule has 1 unspecified atom stereocenters. The minimum absolute atomic E-state index is 0.196. The summed E-state index contributed by atoms with van der Waals surface area (Å²) in [5.41, 5.74) is 3.27. The van der Waals surface area contributed by atoms with Crippen LogP contribution >= 0.6 is 0 Å². The molecule has 0 aliphatic carbocycles. The standard InChI is InChI=1S/C19H26N2O2/c1-13-6-4-5-7-17(13)19-20-18(15(3)23-19)12-21-10-8-16(9-11-21)14(2)22/h4-7,14,16,22H,8-12H2,1-3H3. The Morgan fingerprint density at radius 2 is 1.96 bits per heavy atom. The van der Waals surface area contributed by atoms with Crippen LogP contribution in [0.15, 0.2) is 28.7 Å². The van der Waals surface area contributed by atoms with E-state index in [9.17, 15) is 5.11 Å². The van der Waals surface area contributed by atoms with Crippen molar-refractivity contribution in [2.75, 3.05) is 13.1 Å². The van der Waals surface area contributed by atoms with Gasteiger partial charge in [0.05, 0.1) is 11.8 Å². The van der Waals surface area contributed by atoms with Crippen molar-refractivity contribution >= 4 is 0 Å². The van der Waals surface area contributed by atoms with E-state index in [2.05, 4.69) is 24.0 Å². The lowest BCUT2D eigenvalue weighted by atomic mass is 9.92. The molecule has 1 aromatic carbocycles. The van der Waals surface area contributed by atoms with Crippen LogP contribution in [0.2, 0.25) is 0 Å². The average Bonchev–Trinajstić information content (AvgIpc) is 2.89. The predicted octanol–water partition coefficient (Wildman–Crippen LogP) is 3.55. The molecule has 124 valence electrons. The number of likely N-dealkylation sites (tertiary alicyclic amines) is 1. The highest BCUT2D eigenvalue weighted by atomic mass is 16.4. The highest BCUT2D eigenvalue weighted by Gasteiger charge is 2.24. The molecule has 1 aliphatic heterocycles. The third kappa shape index (κ3) is 3.65. The molecule has 0 spiro atoms. The van der Waals surface area contributed by atoms with Crippen LogP contribution in [-0.4, -0.2) is 34.2 Å². The summed E-state index contributed by atoms with van der Waals surface area (Å²) in [6, 6.07) is 8.18. The summed E-state index contributed by atoms with van der Waals surface area (Å²) in [7, 11) is 0. The topological polar surface area (TPSA) is 49.5 Å². The van der Waals surface area contributed by atoms with Gasteiger partial charge in [-0.3, -0.25) is 4.90 Å². The van der Waals surface area contributed by atoms with Crippen molar-refractivity contribution in [1.29, 1.82) is 0 Å². The van der Waals surface area contributed by atoms with Gasteiger partial charge in [0.1, 0.15) is 5.76 Å². The second-order valence-corrected chi connectivity index (χ2v) is 6.69. The first-order valence-electron chi connectivity index (χ1n) is 8.47. The van der Waals surface area contributed by atoms with Crippen molar-refractivity contribution in [1.82, 2.24) is 9.88 Å². The number of oxazole rings is 1. The van der Waals surface area contributed by atoms with Crippen molar-refractivity contribution < 1.29 is 9.52 Å². The predicted molar refractivity (Wildman–Crippen MR) is 91.1 cm³/mol. The summed E-state index contributed by atoms with van der Waals surface area (Å²) in [4.78, 5) is 7.14. The van der Waals surface area contributed by atoms with Gasteiger partial charge in [-0.1, -0.05) is 18.2 Å². The Hall–Kier alpha value is -1.65. The van der Waals surface area contributed by atoms with Gasteiger partial charge in [-0.05, 0) is 64.3 Å². The van der Waals surface area contributed by atoms with E-state index >= 15 is 0 Å². The van der Waals surface area contributed by atoms with Gasteiger partial charge >= 0.3 is 0 Å². The molecule has 23 heavy (non-hydrogen) atoms. The maximum absolute atomic E-state index is 9.71. The van der Waals surface area contributed by atoms with Crippen molar-refractivity contribution in [3.63, 3.8) is 0 Å². The average molecular weight is 314 g/mol. The molecule has 2 aromatic rings. The Labute approximate surface area is 138 Å². The quantitative estimate of drug-likeness (QED) is 0.937. The first kappa shape index (κ1) is 16.2. The van der Waals surface area contributed by atoms with Gasteiger partial charge < -0.3 is 9.52 Å². The van der Waals surface area contributed by atoms with Crippen LogP contribution in [0.5, 0.6) is 0 Å². The Balaban J connectivity index is 1.69. The Morgan fingerprint density at radius 3 is 2.61 bits per heavy atom. The van der Waals surface area contributed by atoms with Gasteiger partial charge in [-0.15, -0.1) is 0 Å². The Bertz CT molecular complexity index is 655. The number of nitrogens with zero attached hydrogens (tertiary/aromatic N) is 2. The van der Waals surface area contributed by atoms with Gasteiger partial charge in [0.25, 0.3) is 0 Å². The van der Waals surface area contributed by atoms with E-state index in [1.165, 1.54) is 5.56 Å². The van der Waals surface area contributed by atoms with Gasteiger partial charge in [-0.25, -0.2) is 4.98 Å². The second-order valence-electron chi connectivity index (χ2n) is 6.69. The highest BCUT2D eigenvalue weighted by molar-refractivity contribution is 5.58. The summed E-state index contributed by atoms with van der Waals surface area (Å²) in [6.45, 7) is 8.83. The van der Waals surface area contributed by atoms with Crippen molar-refractivity contribution in [3.05, 3.63) is 41.3 Å². The zero-order valence-corrected chi connectivity index (χ0v) is 14.2. The normalized spacial score (nSPS) is 18.3. The molecule has 1 N–H and O–H groups in total. The van der Waals surface area contributed by atoms with E-state index in [0.29, 0.717) is 5.92 Å².